The van der Waals surface area contributed by atoms with Crippen LogP contribution in [0.4, 0.5) is 4.39 Å². The van der Waals surface area contributed by atoms with Gasteiger partial charge in [0.15, 0.2) is 0 Å². The minimum atomic E-state index is -3.53. The van der Waals surface area contributed by atoms with Crippen LogP contribution in [0.5, 0.6) is 0 Å². The Labute approximate surface area is 264 Å². The maximum absolute atomic E-state index is 14.0. The lowest BCUT2D eigenvalue weighted by molar-refractivity contribution is -0.141. The van der Waals surface area contributed by atoms with Gasteiger partial charge < -0.3 is 10.2 Å². The van der Waals surface area contributed by atoms with Gasteiger partial charge in [-0.3, -0.25) is 9.59 Å². The van der Waals surface area contributed by atoms with E-state index in [0.29, 0.717) is 38.0 Å². The Kier molecular flexibility index (Phi) is 10.8. The van der Waals surface area contributed by atoms with Crippen molar-refractivity contribution >= 4 is 21.8 Å². The quantitative estimate of drug-likeness (QED) is 0.212. The number of carbonyl (C=O) groups excluding carboxylic acids is 2. The number of nitrogens with one attached hydrogen (secondary N) is 1. The standard InChI is InChI=1S/C36H38FN3O4S/c37-32-18-13-31(14-19-32)27-40(34(25-29-9-3-1-4-10-29)36(42)38-26-30-11-5-2-6-12-30)35(41)22-17-28-15-20-33(21-16-28)45(43,44)39-23-7-8-24-39/h1-6,9-16,18-21,34H,7-8,17,22-27H2,(H,38,42)/t34-/m1/s1. The van der Waals surface area contributed by atoms with Crippen molar-refractivity contribution < 1.29 is 22.4 Å². The summed E-state index contributed by atoms with van der Waals surface area (Å²) < 4.78 is 41.1. The van der Waals surface area contributed by atoms with Crippen LogP contribution < -0.4 is 5.32 Å². The normalized spacial score (nSPS) is 14.2. The third-order valence-corrected chi connectivity index (χ3v) is 10.0. The number of hydrogen-bond acceptors (Lipinski definition) is 4. The van der Waals surface area contributed by atoms with Crippen LogP contribution in [-0.2, 0) is 45.5 Å². The van der Waals surface area contributed by atoms with E-state index in [-0.39, 0.29) is 35.5 Å². The first kappa shape index (κ1) is 32.1. The van der Waals surface area contributed by atoms with E-state index in [1.54, 1.807) is 41.3 Å². The van der Waals surface area contributed by atoms with Crippen LogP contribution in [0.25, 0.3) is 0 Å². The maximum Gasteiger partial charge on any atom is 0.243 e. The van der Waals surface area contributed by atoms with Crippen molar-refractivity contribution in [1.29, 1.82) is 0 Å². The summed E-state index contributed by atoms with van der Waals surface area (Å²) in [7, 11) is -3.53. The van der Waals surface area contributed by atoms with Crippen molar-refractivity contribution in [3.05, 3.63) is 137 Å². The van der Waals surface area contributed by atoms with Crippen LogP contribution in [0.15, 0.2) is 114 Å². The summed E-state index contributed by atoms with van der Waals surface area (Å²) in [6.07, 6.45) is 2.51. The monoisotopic (exact) mass is 627 g/mol. The number of amides is 2. The molecule has 0 aliphatic carbocycles. The highest BCUT2D eigenvalue weighted by atomic mass is 32.2. The third-order valence-electron chi connectivity index (χ3n) is 8.10. The zero-order valence-corrected chi connectivity index (χ0v) is 26.0. The van der Waals surface area contributed by atoms with Crippen LogP contribution in [0.1, 0.15) is 41.5 Å². The van der Waals surface area contributed by atoms with E-state index in [4.69, 9.17) is 0 Å². The fraction of sp³-hybridized carbons (Fsp3) is 0.278. The Morgan fingerprint density at radius 3 is 1.96 bits per heavy atom. The molecule has 2 amide bonds. The van der Waals surface area contributed by atoms with Crippen LogP contribution >= 0.6 is 0 Å². The van der Waals surface area contributed by atoms with Crippen molar-refractivity contribution in [3.8, 4) is 0 Å². The molecule has 0 spiro atoms. The fourth-order valence-electron chi connectivity index (χ4n) is 5.54. The smallest absolute Gasteiger partial charge is 0.243 e. The van der Waals surface area contributed by atoms with Gasteiger partial charge in [0.25, 0.3) is 0 Å². The number of aryl methyl sites for hydroxylation is 1. The van der Waals surface area contributed by atoms with Crippen molar-refractivity contribution in [2.45, 2.75) is 56.1 Å². The van der Waals surface area contributed by atoms with Gasteiger partial charge in [-0.2, -0.15) is 4.31 Å². The lowest BCUT2D eigenvalue weighted by Crippen LogP contribution is -2.50. The Hall–Kier alpha value is -4.34. The average molecular weight is 628 g/mol. The van der Waals surface area contributed by atoms with E-state index in [0.717, 1.165) is 29.5 Å². The van der Waals surface area contributed by atoms with E-state index in [1.807, 2.05) is 60.7 Å². The second-order valence-corrected chi connectivity index (χ2v) is 13.3. The van der Waals surface area contributed by atoms with Gasteiger partial charge in [-0.05, 0) is 65.8 Å². The van der Waals surface area contributed by atoms with Gasteiger partial charge in [-0.15, -0.1) is 0 Å². The lowest BCUT2D eigenvalue weighted by Gasteiger charge is -2.32. The molecule has 5 rings (SSSR count). The molecule has 1 aliphatic heterocycles. The summed E-state index contributed by atoms with van der Waals surface area (Å²) in [4.78, 5) is 29.6. The number of sulfonamides is 1. The van der Waals surface area contributed by atoms with Gasteiger partial charge in [0.05, 0.1) is 4.90 Å². The van der Waals surface area contributed by atoms with E-state index in [2.05, 4.69) is 5.32 Å². The Balaban J connectivity index is 1.36. The predicted molar refractivity (Wildman–Crippen MR) is 172 cm³/mol. The molecule has 45 heavy (non-hydrogen) atoms. The summed E-state index contributed by atoms with van der Waals surface area (Å²) in [6, 6.07) is 30.9. The van der Waals surface area contributed by atoms with E-state index in [1.165, 1.54) is 16.4 Å². The molecular formula is C36H38FN3O4S. The molecule has 0 unspecified atom stereocenters. The first-order valence-electron chi connectivity index (χ1n) is 15.3. The van der Waals surface area contributed by atoms with Gasteiger partial charge >= 0.3 is 0 Å². The average Bonchev–Trinajstić information content (AvgIpc) is 3.63. The number of halogens is 1. The van der Waals surface area contributed by atoms with Gasteiger partial charge in [0.1, 0.15) is 11.9 Å². The molecule has 1 N–H and O–H groups in total. The molecular weight excluding hydrogens is 589 g/mol. The van der Waals surface area contributed by atoms with E-state index < -0.39 is 16.1 Å². The topological polar surface area (TPSA) is 86.8 Å². The first-order chi connectivity index (χ1) is 21.8. The van der Waals surface area contributed by atoms with Crippen molar-refractivity contribution in [3.63, 3.8) is 0 Å². The van der Waals surface area contributed by atoms with Crippen molar-refractivity contribution in [2.24, 2.45) is 0 Å². The second kappa shape index (κ2) is 15.1. The number of hydrogen-bond donors (Lipinski definition) is 1. The first-order valence-corrected chi connectivity index (χ1v) is 16.7. The molecule has 1 saturated heterocycles. The molecule has 9 heteroatoms. The zero-order valence-electron chi connectivity index (χ0n) is 25.1. The molecule has 7 nitrogen and oxygen atoms in total. The molecule has 1 atom stereocenters. The minimum Gasteiger partial charge on any atom is -0.350 e. The summed E-state index contributed by atoms with van der Waals surface area (Å²) in [5, 5.41) is 3.01. The molecule has 234 valence electrons. The number of rotatable bonds is 13. The molecule has 4 aromatic carbocycles. The van der Waals surface area contributed by atoms with Gasteiger partial charge in [-0.1, -0.05) is 84.9 Å². The fourth-order valence-corrected chi connectivity index (χ4v) is 7.06. The maximum atomic E-state index is 14.0. The molecule has 0 bridgehead atoms. The summed E-state index contributed by atoms with van der Waals surface area (Å²) in [5.74, 6) is -0.896. The van der Waals surface area contributed by atoms with E-state index in [9.17, 15) is 22.4 Å². The largest absolute Gasteiger partial charge is 0.350 e. The SMILES string of the molecule is O=C(NCc1ccccc1)[C@@H](Cc1ccccc1)N(Cc1ccc(F)cc1)C(=O)CCc1ccc(S(=O)(=O)N2CCCC2)cc1. The molecule has 4 aromatic rings. The highest BCUT2D eigenvalue weighted by Gasteiger charge is 2.31. The van der Waals surface area contributed by atoms with Crippen molar-refractivity contribution in [2.75, 3.05) is 13.1 Å². The third kappa shape index (κ3) is 8.65. The van der Waals surface area contributed by atoms with Crippen molar-refractivity contribution in [1.82, 2.24) is 14.5 Å². The molecule has 1 heterocycles. The number of carbonyl (C=O) groups is 2. The van der Waals surface area contributed by atoms with Gasteiger partial charge in [0.2, 0.25) is 21.8 Å². The van der Waals surface area contributed by atoms with Crippen LogP contribution in [-0.4, -0.2) is 48.6 Å². The lowest BCUT2D eigenvalue weighted by atomic mass is 10.0. The number of benzene rings is 4. The molecule has 1 aliphatic rings. The molecule has 1 fully saturated rings. The summed E-state index contributed by atoms with van der Waals surface area (Å²) >= 11 is 0. The van der Waals surface area contributed by atoms with Crippen LogP contribution in [0.3, 0.4) is 0 Å². The Bertz CT molecular complexity index is 1660. The highest BCUT2D eigenvalue weighted by Crippen LogP contribution is 2.22. The molecule has 0 aromatic heterocycles. The summed E-state index contributed by atoms with van der Waals surface area (Å²) in [5.41, 5.74) is 3.37. The van der Waals surface area contributed by atoms with Gasteiger partial charge in [0, 0.05) is 39.0 Å². The second-order valence-electron chi connectivity index (χ2n) is 11.3. The zero-order chi connectivity index (χ0) is 31.6. The van der Waals surface area contributed by atoms with E-state index >= 15 is 0 Å². The minimum absolute atomic E-state index is 0.108. The molecule has 0 radical (unpaired) electrons. The molecule has 0 saturated carbocycles. The van der Waals surface area contributed by atoms with Crippen LogP contribution in [0.2, 0.25) is 0 Å². The van der Waals surface area contributed by atoms with Gasteiger partial charge in [-0.25, -0.2) is 12.8 Å². The summed E-state index contributed by atoms with van der Waals surface area (Å²) in [6.45, 7) is 1.51. The van der Waals surface area contributed by atoms with Crippen LogP contribution in [0, 0.1) is 5.82 Å². The number of nitrogens with zero attached hydrogens (tertiary/aromatic N) is 2. The highest BCUT2D eigenvalue weighted by molar-refractivity contribution is 7.89. The predicted octanol–water partition coefficient (Wildman–Crippen LogP) is 5.50. The Morgan fingerprint density at radius 2 is 1.33 bits per heavy atom. The Morgan fingerprint density at radius 1 is 0.756 bits per heavy atom.